The van der Waals surface area contributed by atoms with Crippen LogP contribution in [-0.4, -0.2) is 47.0 Å². The Morgan fingerprint density at radius 1 is 0.923 bits per heavy atom. The molecule has 0 aliphatic rings. The molecule has 0 aliphatic carbocycles. The number of aliphatic hydroxyl groups excluding tert-OH is 2. The van der Waals surface area contributed by atoms with Crippen molar-refractivity contribution in [1.29, 1.82) is 0 Å². The van der Waals surface area contributed by atoms with Crippen molar-refractivity contribution >= 4 is 17.7 Å². The molecule has 0 aromatic heterocycles. The molecule has 1 unspecified atom stereocenters. The Balaban J connectivity index is 3.78. The second kappa shape index (κ2) is 19.5. The summed E-state index contributed by atoms with van der Waals surface area (Å²) in [6.45, 7) is 2.44. The molecule has 5 heteroatoms. The summed E-state index contributed by atoms with van der Waals surface area (Å²) >= 11 is 1.85. The van der Waals surface area contributed by atoms with Crippen LogP contribution in [0.3, 0.4) is 0 Å². The summed E-state index contributed by atoms with van der Waals surface area (Å²) < 4.78 is 4.65. The summed E-state index contributed by atoms with van der Waals surface area (Å²) in [6, 6.07) is 0. The van der Waals surface area contributed by atoms with Crippen molar-refractivity contribution in [2.45, 2.75) is 108 Å². The molecule has 0 aromatic carbocycles. The van der Waals surface area contributed by atoms with Crippen molar-refractivity contribution in [3.63, 3.8) is 0 Å². The van der Waals surface area contributed by atoms with Gasteiger partial charge in [0.25, 0.3) is 0 Å². The van der Waals surface area contributed by atoms with Crippen molar-refractivity contribution < 1.29 is 19.7 Å². The number of carbonyl (C=O) groups excluding carboxylic acids is 1. The molecule has 0 bridgehead atoms. The largest absolute Gasteiger partial charge is 0.469 e. The normalized spacial score (nSPS) is 13.5. The molecular weight excluding hydrogens is 348 g/mol. The second-order valence-corrected chi connectivity index (χ2v) is 8.59. The zero-order valence-electron chi connectivity index (χ0n) is 17.1. The molecule has 0 aliphatic heterocycles. The fourth-order valence-electron chi connectivity index (χ4n) is 3.13. The molecule has 0 saturated heterocycles. The van der Waals surface area contributed by atoms with Crippen molar-refractivity contribution in [3.05, 3.63) is 0 Å². The van der Waals surface area contributed by atoms with Gasteiger partial charge >= 0.3 is 5.97 Å². The predicted molar refractivity (Wildman–Crippen MR) is 112 cm³/mol. The van der Waals surface area contributed by atoms with Crippen molar-refractivity contribution in [3.8, 4) is 0 Å². The van der Waals surface area contributed by atoms with E-state index in [9.17, 15) is 9.90 Å². The molecule has 0 amide bonds. The van der Waals surface area contributed by atoms with Gasteiger partial charge < -0.3 is 14.9 Å². The average Bonchev–Trinajstić information content (AvgIpc) is 2.65. The van der Waals surface area contributed by atoms with Crippen LogP contribution in [0.4, 0.5) is 0 Å². The smallest absolute Gasteiger partial charge is 0.305 e. The summed E-state index contributed by atoms with van der Waals surface area (Å²) in [4.78, 5) is 11.0. The van der Waals surface area contributed by atoms with Gasteiger partial charge in [0.15, 0.2) is 0 Å². The number of hydrogen-bond acceptors (Lipinski definition) is 5. The third-order valence-corrected chi connectivity index (χ3v) is 6.15. The Bertz CT molecular complexity index is 312. The Kier molecular flexibility index (Phi) is 19.3. The fourth-order valence-corrected chi connectivity index (χ4v) is 4.21. The van der Waals surface area contributed by atoms with E-state index in [-0.39, 0.29) is 18.7 Å². The van der Waals surface area contributed by atoms with E-state index in [0.29, 0.717) is 11.7 Å². The fraction of sp³-hybridized carbons (Fsp3) is 0.952. The number of hydrogen-bond donors (Lipinski definition) is 2. The van der Waals surface area contributed by atoms with Crippen LogP contribution in [0.25, 0.3) is 0 Å². The summed E-state index contributed by atoms with van der Waals surface area (Å²) in [6.07, 6.45) is 14.8. The van der Waals surface area contributed by atoms with Crippen LogP contribution < -0.4 is 0 Å². The molecular formula is C21H42O4S. The van der Waals surface area contributed by atoms with Crippen LogP contribution in [0.2, 0.25) is 0 Å². The van der Waals surface area contributed by atoms with Crippen molar-refractivity contribution in [2.75, 3.05) is 19.5 Å². The molecule has 0 saturated carbocycles. The van der Waals surface area contributed by atoms with Gasteiger partial charge in [-0.1, -0.05) is 58.3 Å². The quantitative estimate of drug-likeness (QED) is 0.237. The Morgan fingerprint density at radius 3 is 2.27 bits per heavy atom. The van der Waals surface area contributed by atoms with Crippen LogP contribution in [0.1, 0.15) is 96.8 Å². The third-order valence-electron chi connectivity index (χ3n) is 4.79. The summed E-state index contributed by atoms with van der Waals surface area (Å²) in [5.41, 5.74) is 0. The van der Waals surface area contributed by atoms with Gasteiger partial charge in [-0.05, 0) is 32.1 Å². The highest BCUT2D eigenvalue weighted by Crippen LogP contribution is 2.24. The highest BCUT2D eigenvalue weighted by molar-refractivity contribution is 7.99. The van der Waals surface area contributed by atoms with Gasteiger partial charge in [0.05, 0.1) is 19.8 Å². The molecule has 0 fully saturated rings. The minimum atomic E-state index is -0.164. The monoisotopic (exact) mass is 390 g/mol. The topological polar surface area (TPSA) is 66.8 Å². The first-order valence-corrected chi connectivity index (χ1v) is 11.7. The lowest BCUT2D eigenvalue weighted by Crippen LogP contribution is -2.12. The first kappa shape index (κ1) is 25.7. The number of aliphatic hydroxyl groups is 2. The van der Waals surface area contributed by atoms with E-state index >= 15 is 0 Å². The molecule has 0 radical (unpaired) electrons. The van der Waals surface area contributed by atoms with Gasteiger partial charge in [0.2, 0.25) is 0 Å². The maximum absolute atomic E-state index is 11.0. The number of carbonyl (C=O) groups is 1. The Labute approximate surface area is 165 Å². The maximum Gasteiger partial charge on any atom is 0.305 e. The van der Waals surface area contributed by atoms with Gasteiger partial charge in [-0.15, -0.1) is 0 Å². The first-order valence-electron chi connectivity index (χ1n) is 10.6. The number of ether oxygens (including phenoxy) is 1. The predicted octanol–water partition coefficient (Wildman–Crippen LogP) is 5.10. The molecule has 2 atom stereocenters. The lowest BCUT2D eigenvalue weighted by atomic mass is 10.0. The van der Waals surface area contributed by atoms with Crippen molar-refractivity contribution in [2.24, 2.45) is 0 Å². The van der Waals surface area contributed by atoms with E-state index in [1.807, 2.05) is 11.8 Å². The standard InChI is InChI=1S/C21H42O4S/c1-3-4-5-9-12-19(23)15-16-20(26-18-17-22)13-10-7-6-8-11-14-21(24)25-2/h19-20,22-23H,3-18H2,1-2H3/t19-,20?/m1/s1. The molecule has 0 rings (SSSR count). The van der Waals surface area contributed by atoms with Crippen LogP contribution in [0.15, 0.2) is 0 Å². The highest BCUT2D eigenvalue weighted by Gasteiger charge is 2.12. The molecule has 4 nitrogen and oxygen atoms in total. The minimum absolute atomic E-state index is 0.112. The molecule has 26 heavy (non-hydrogen) atoms. The lowest BCUT2D eigenvalue weighted by Gasteiger charge is -2.18. The maximum atomic E-state index is 11.0. The summed E-state index contributed by atoms with van der Waals surface area (Å²) in [7, 11) is 1.44. The number of esters is 1. The van der Waals surface area contributed by atoms with Crippen LogP contribution >= 0.6 is 11.8 Å². The third kappa shape index (κ3) is 17.2. The SMILES string of the molecule is CCCCCC[C@@H](O)CCC(CCCCCCCC(=O)OC)SCCO. The van der Waals surface area contributed by atoms with E-state index in [0.717, 1.165) is 57.1 Å². The number of unbranched alkanes of at least 4 members (excludes halogenated alkanes) is 7. The Morgan fingerprint density at radius 2 is 1.58 bits per heavy atom. The molecule has 0 spiro atoms. The van der Waals surface area contributed by atoms with Crippen LogP contribution in [0, 0.1) is 0 Å². The van der Waals surface area contributed by atoms with Gasteiger partial charge in [0.1, 0.15) is 0 Å². The summed E-state index contributed by atoms with van der Waals surface area (Å²) in [5.74, 6) is 0.676. The van der Waals surface area contributed by atoms with Gasteiger partial charge in [-0.25, -0.2) is 0 Å². The molecule has 0 heterocycles. The number of rotatable bonds is 19. The van der Waals surface area contributed by atoms with Crippen LogP contribution in [-0.2, 0) is 9.53 Å². The highest BCUT2D eigenvalue weighted by atomic mass is 32.2. The zero-order chi connectivity index (χ0) is 19.5. The van der Waals surface area contributed by atoms with Gasteiger partial charge in [-0.3, -0.25) is 4.79 Å². The first-order chi connectivity index (χ1) is 12.6. The lowest BCUT2D eigenvalue weighted by molar-refractivity contribution is -0.140. The van der Waals surface area contributed by atoms with Gasteiger partial charge in [0, 0.05) is 17.4 Å². The van der Waals surface area contributed by atoms with E-state index < -0.39 is 0 Å². The molecule has 0 aromatic rings. The average molecular weight is 391 g/mol. The minimum Gasteiger partial charge on any atom is -0.469 e. The second-order valence-electron chi connectivity index (χ2n) is 7.18. The van der Waals surface area contributed by atoms with Gasteiger partial charge in [-0.2, -0.15) is 11.8 Å². The van der Waals surface area contributed by atoms with E-state index in [2.05, 4.69) is 11.7 Å². The summed E-state index contributed by atoms with van der Waals surface area (Å²) in [5, 5.41) is 19.8. The number of methoxy groups -OCH3 is 1. The van der Waals surface area contributed by atoms with Crippen molar-refractivity contribution in [1.82, 2.24) is 0 Å². The zero-order valence-corrected chi connectivity index (χ0v) is 17.9. The van der Waals surface area contributed by atoms with Crippen LogP contribution in [0.5, 0.6) is 0 Å². The molecule has 156 valence electrons. The Hall–Kier alpha value is -0.260. The van der Waals surface area contributed by atoms with E-state index in [4.69, 9.17) is 5.11 Å². The van der Waals surface area contributed by atoms with E-state index in [1.165, 1.54) is 39.2 Å². The number of thioether (sulfide) groups is 1. The van der Waals surface area contributed by atoms with E-state index in [1.54, 1.807) is 0 Å². The molecule has 2 N–H and O–H groups in total.